The van der Waals surface area contributed by atoms with E-state index >= 15 is 0 Å². The zero-order chi connectivity index (χ0) is 17.2. The molecular weight excluding hydrogens is 326 g/mol. The molecule has 0 aliphatic carbocycles. The summed E-state index contributed by atoms with van der Waals surface area (Å²) in [6.07, 6.45) is 6.83. The molecule has 130 valence electrons. The van der Waals surface area contributed by atoms with E-state index in [4.69, 9.17) is 4.74 Å². The highest BCUT2D eigenvalue weighted by Crippen LogP contribution is 2.34. The van der Waals surface area contributed by atoms with E-state index in [0.29, 0.717) is 6.54 Å². The third kappa shape index (κ3) is 3.32. The Labute approximate surface area is 143 Å². The quantitative estimate of drug-likeness (QED) is 0.851. The van der Waals surface area contributed by atoms with Crippen LogP contribution in [0.15, 0.2) is 41.8 Å². The molecule has 1 aromatic carbocycles. The van der Waals surface area contributed by atoms with Crippen LogP contribution < -0.4 is 4.74 Å². The van der Waals surface area contributed by atoms with Crippen LogP contribution in [-0.4, -0.2) is 35.9 Å². The van der Waals surface area contributed by atoms with Gasteiger partial charge in [0.2, 0.25) is 0 Å². The normalized spacial score (nSPS) is 19.8. The van der Waals surface area contributed by atoms with Crippen molar-refractivity contribution in [3.8, 4) is 5.75 Å². The number of benzene rings is 1. The van der Waals surface area contributed by atoms with Crippen molar-refractivity contribution in [1.29, 1.82) is 0 Å². The minimum Gasteiger partial charge on any atom is -0.497 e. The van der Waals surface area contributed by atoms with Crippen molar-refractivity contribution >= 4 is 10.0 Å². The van der Waals surface area contributed by atoms with Crippen LogP contribution in [0.1, 0.15) is 37.3 Å². The average molecular weight is 349 g/mol. The first-order valence-corrected chi connectivity index (χ1v) is 9.60. The van der Waals surface area contributed by atoms with E-state index in [1.165, 1.54) is 6.33 Å². The maximum atomic E-state index is 13.1. The van der Waals surface area contributed by atoms with Gasteiger partial charge in [0.05, 0.1) is 19.5 Å². The molecule has 0 amide bonds. The average Bonchev–Trinajstić information content (AvgIpc) is 2.88. The lowest BCUT2D eigenvalue weighted by Gasteiger charge is -2.28. The second-order valence-corrected chi connectivity index (χ2v) is 7.97. The summed E-state index contributed by atoms with van der Waals surface area (Å²) in [6.45, 7) is 0.523. The number of imidazole rings is 1. The maximum Gasteiger partial charge on any atom is 0.262 e. The Balaban J connectivity index is 1.98. The minimum atomic E-state index is -3.61. The minimum absolute atomic E-state index is 0.116. The molecule has 7 heteroatoms. The van der Waals surface area contributed by atoms with Gasteiger partial charge in [-0.1, -0.05) is 25.0 Å². The summed E-state index contributed by atoms with van der Waals surface area (Å²) in [7, 11) is -0.211. The molecule has 24 heavy (non-hydrogen) atoms. The van der Waals surface area contributed by atoms with Crippen molar-refractivity contribution in [1.82, 2.24) is 13.9 Å². The van der Waals surface area contributed by atoms with Gasteiger partial charge >= 0.3 is 0 Å². The Morgan fingerprint density at radius 3 is 2.54 bits per heavy atom. The van der Waals surface area contributed by atoms with Gasteiger partial charge in [0.15, 0.2) is 5.03 Å². The Kier molecular flexibility index (Phi) is 4.91. The van der Waals surface area contributed by atoms with Crippen LogP contribution in [0.5, 0.6) is 5.75 Å². The van der Waals surface area contributed by atoms with Crippen LogP contribution >= 0.6 is 0 Å². The molecule has 0 saturated carbocycles. The van der Waals surface area contributed by atoms with Gasteiger partial charge in [-0.25, -0.2) is 13.4 Å². The highest BCUT2D eigenvalue weighted by molar-refractivity contribution is 7.89. The summed E-state index contributed by atoms with van der Waals surface area (Å²) in [5.74, 6) is 0.770. The van der Waals surface area contributed by atoms with Crippen molar-refractivity contribution in [2.24, 2.45) is 7.05 Å². The fourth-order valence-corrected chi connectivity index (χ4v) is 4.82. The predicted octanol–water partition coefficient (Wildman–Crippen LogP) is 2.73. The van der Waals surface area contributed by atoms with Crippen LogP contribution in [0.25, 0.3) is 0 Å². The summed E-state index contributed by atoms with van der Waals surface area (Å²) in [5, 5.41) is 0.116. The van der Waals surface area contributed by atoms with Crippen LogP contribution in [0.2, 0.25) is 0 Å². The Hall–Kier alpha value is -1.86. The van der Waals surface area contributed by atoms with Crippen LogP contribution in [-0.2, 0) is 17.1 Å². The molecule has 1 atom stereocenters. The largest absolute Gasteiger partial charge is 0.497 e. The van der Waals surface area contributed by atoms with Gasteiger partial charge < -0.3 is 9.30 Å². The molecule has 0 unspecified atom stereocenters. The summed E-state index contributed by atoms with van der Waals surface area (Å²) in [6, 6.07) is 7.51. The molecule has 0 N–H and O–H groups in total. The molecule has 1 saturated heterocycles. The summed E-state index contributed by atoms with van der Waals surface area (Å²) in [5.41, 5.74) is 0.997. The Morgan fingerprint density at radius 1 is 1.17 bits per heavy atom. The molecule has 0 radical (unpaired) electrons. The fraction of sp³-hybridized carbons (Fsp3) is 0.471. The summed E-state index contributed by atoms with van der Waals surface area (Å²) >= 11 is 0. The van der Waals surface area contributed by atoms with Gasteiger partial charge in [0, 0.05) is 19.8 Å². The van der Waals surface area contributed by atoms with Crippen molar-refractivity contribution in [3.63, 3.8) is 0 Å². The number of ether oxygens (including phenoxy) is 1. The molecule has 6 nitrogen and oxygen atoms in total. The van der Waals surface area contributed by atoms with E-state index in [2.05, 4.69) is 4.98 Å². The van der Waals surface area contributed by atoms with Gasteiger partial charge in [-0.05, 0) is 30.5 Å². The number of aromatic nitrogens is 2. The monoisotopic (exact) mass is 349 g/mol. The molecule has 2 aromatic rings. The fourth-order valence-electron chi connectivity index (χ4n) is 3.17. The molecule has 0 spiro atoms. The van der Waals surface area contributed by atoms with Crippen molar-refractivity contribution < 1.29 is 13.2 Å². The molecule has 2 heterocycles. The number of hydrogen-bond donors (Lipinski definition) is 0. The predicted molar refractivity (Wildman–Crippen MR) is 91.3 cm³/mol. The highest BCUT2D eigenvalue weighted by Gasteiger charge is 2.34. The lowest BCUT2D eigenvalue weighted by Crippen LogP contribution is -2.35. The third-order valence-corrected chi connectivity index (χ3v) is 6.25. The van der Waals surface area contributed by atoms with Gasteiger partial charge in [0.25, 0.3) is 10.0 Å². The van der Waals surface area contributed by atoms with Crippen molar-refractivity contribution in [3.05, 3.63) is 42.4 Å². The lowest BCUT2D eigenvalue weighted by atomic mass is 10.0. The smallest absolute Gasteiger partial charge is 0.262 e. The topological polar surface area (TPSA) is 64.4 Å². The zero-order valence-electron chi connectivity index (χ0n) is 14.1. The first-order valence-electron chi connectivity index (χ1n) is 8.16. The number of nitrogens with zero attached hydrogens (tertiary/aromatic N) is 3. The second kappa shape index (κ2) is 6.94. The zero-order valence-corrected chi connectivity index (χ0v) is 14.9. The van der Waals surface area contributed by atoms with E-state index < -0.39 is 10.0 Å². The second-order valence-electron chi connectivity index (χ2n) is 6.13. The van der Waals surface area contributed by atoms with Gasteiger partial charge in [-0.15, -0.1) is 0 Å². The molecule has 1 aliphatic rings. The number of rotatable bonds is 4. The molecule has 0 bridgehead atoms. The van der Waals surface area contributed by atoms with Crippen LogP contribution in [0.3, 0.4) is 0 Å². The van der Waals surface area contributed by atoms with E-state index in [1.54, 1.807) is 29.2 Å². The number of aryl methyl sites for hydroxylation is 1. The molecule has 1 aliphatic heterocycles. The van der Waals surface area contributed by atoms with E-state index in [0.717, 1.165) is 37.0 Å². The van der Waals surface area contributed by atoms with E-state index in [9.17, 15) is 8.42 Å². The van der Waals surface area contributed by atoms with Gasteiger partial charge in [-0.2, -0.15) is 4.31 Å². The maximum absolute atomic E-state index is 13.1. The van der Waals surface area contributed by atoms with Gasteiger partial charge in [0.1, 0.15) is 5.75 Å². The first-order chi connectivity index (χ1) is 11.5. The highest BCUT2D eigenvalue weighted by atomic mass is 32.2. The Bertz CT molecular complexity index is 784. The molecule has 1 fully saturated rings. The molecule has 3 rings (SSSR count). The third-order valence-electron chi connectivity index (χ3n) is 4.46. The number of hydrogen-bond acceptors (Lipinski definition) is 4. The van der Waals surface area contributed by atoms with E-state index in [1.807, 2.05) is 24.3 Å². The van der Waals surface area contributed by atoms with Crippen LogP contribution in [0.4, 0.5) is 0 Å². The SMILES string of the molecule is COc1ccc([C@H]2CCCCCN2S(=O)(=O)c2cn(C)cn2)cc1. The van der Waals surface area contributed by atoms with E-state index in [-0.39, 0.29) is 11.1 Å². The molecular formula is C17H23N3O3S. The van der Waals surface area contributed by atoms with Crippen LogP contribution in [0, 0.1) is 0 Å². The lowest BCUT2D eigenvalue weighted by molar-refractivity contribution is 0.327. The first kappa shape index (κ1) is 17.0. The standard InChI is InChI=1S/C17H23N3O3S/c1-19-12-17(18-13-19)24(21,22)20-11-5-3-4-6-16(20)14-7-9-15(23-2)10-8-14/h7-10,12-13,16H,3-6,11H2,1-2H3/t16-/m1/s1. The van der Waals surface area contributed by atoms with Crippen molar-refractivity contribution in [2.75, 3.05) is 13.7 Å². The van der Waals surface area contributed by atoms with Crippen molar-refractivity contribution in [2.45, 2.75) is 36.8 Å². The number of sulfonamides is 1. The van der Waals surface area contributed by atoms with Gasteiger partial charge in [-0.3, -0.25) is 0 Å². The molecule has 1 aromatic heterocycles. The summed E-state index contributed by atoms with van der Waals surface area (Å²) < 4.78 is 34.6. The Morgan fingerprint density at radius 2 is 1.92 bits per heavy atom. The summed E-state index contributed by atoms with van der Waals surface area (Å²) in [4.78, 5) is 4.06. The number of methoxy groups -OCH3 is 1.